The first kappa shape index (κ1) is 44.1. The first-order chi connectivity index (χ1) is 23.9. The molecule has 0 unspecified atom stereocenters. The van der Waals surface area contributed by atoms with Crippen LogP contribution in [0.2, 0.25) is 0 Å². The average Bonchev–Trinajstić information content (AvgIpc) is 3.84. The normalized spacial score (nSPS) is 12.4. The van der Waals surface area contributed by atoms with Crippen LogP contribution in [0.15, 0.2) is 182 Å². The zero-order valence-electron chi connectivity index (χ0n) is 29.8. The van der Waals surface area contributed by atoms with E-state index in [1.54, 1.807) is 23.3 Å². The van der Waals surface area contributed by atoms with Gasteiger partial charge in [0.25, 0.3) is 0 Å². The van der Waals surface area contributed by atoms with Gasteiger partial charge in [-0.15, -0.1) is 71.4 Å². The second-order valence-electron chi connectivity index (χ2n) is 11.4. The summed E-state index contributed by atoms with van der Waals surface area (Å²) in [5, 5.41) is 0. The van der Waals surface area contributed by atoms with Gasteiger partial charge in [-0.2, -0.15) is 23.3 Å². The standard InChI is InChI=1S/2C23H17.2CH3.2ClH.H2Si.Zr/c2*1-4-10-18(11-5-1)21-16-17-22(19-12-6-2-7-13-19)23(21)20-14-8-3-9-15-20;;;;;;/h2*1-15H,16H2;2*1H3;2*1H;1H2;/q4*-1;;;;. The van der Waals surface area contributed by atoms with E-state index in [1.807, 2.05) is 6.88 Å². The van der Waals surface area contributed by atoms with E-state index in [9.17, 15) is 0 Å². The fraction of sp³-hybridized carbons (Fsp3) is 0.0417. The van der Waals surface area contributed by atoms with E-state index in [0.29, 0.717) is 0 Å². The molecule has 262 valence electrons. The summed E-state index contributed by atoms with van der Waals surface area (Å²) in [5.74, 6) is 0. The molecule has 0 radical (unpaired) electrons. The first-order valence-electron chi connectivity index (χ1n) is 16.2. The molecule has 0 fully saturated rings. The third-order valence-electron chi connectivity index (χ3n) is 8.48. The fourth-order valence-corrected chi connectivity index (χ4v) is 6.33. The Morgan fingerprint density at radius 3 is 0.788 bits per heavy atom. The molecule has 0 aromatic heterocycles. The maximum atomic E-state index is 3.61. The molecule has 0 aliphatic heterocycles. The van der Waals surface area contributed by atoms with Crippen molar-refractivity contribution in [2.24, 2.45) is 0 Å². The molecule has 6 aromatic rings. The SMILES string of the molecule is Cl.Cl.[C-]1=C(c2ccccc2)C(c2ccccc2)=C(c2ccccc2)C1.[C-]1=C(c2ccccc2)C(c2ccccc2)=C(c2ccccc2)C1.[CH3-].[CH3-].[SiH2]=[Zr]. The van der Waals surface area contributed by atoms with Crippen molar-refractivity contribution in [3.63, 3.8) is 0 Å². The van der Waals surface area contributed by atoms with Crippen molar-refractivity contribution in [1.82, 2.24) is 0 Å². The second kappa shape index (κ2) is 22.8. The Morgan fingerprint density at radius 1 is 0.327 bits per heavy atom. The number of hydrogen-bond acceptors (Lipinski definition) is 0. The van der Waals surface area contributed by atoms with E-state index in [4.69, 9.17) is 0 Å². The van der Waals surface area contributed by atoms with Crippen molar-refractivity contribution in [2.75, 3.05) is 0 Å². The van der Waals surface area contributed by atoms with Crippen LogP contribution in [0.1, 0.15) is 46.2 Å². The molecule has 0 heterocycles. The third kappa shape index (κ3) is 10.5. The molecule has 2 aliphatic carbocycles. The summed E-state index contributed by atoms with van der Waals surface area (Å²) >= 11 is 1.58. The first-order valence-corrected chi connectivity index (χ1v) is 22.2. The molecule has 0 saturated carbocycles. The van der Waals surface area contributed by atoms with Gasteiger partial charge in [-0.05, 0) is 11.1 Å². The van der Waals surface area contributed by atoms with Crippen molar-refractivity contribution in [2.45, 2.75) is 12.8 Å². The van der Waals surface area contributed by atoms with Crippen LogP contribution in [-0.2, 0) is 23.3 Å². The van der Waals surface area contributed by atoms with Crippen molar-refractivity contribution in [1.29, 1.82) is 0 Å². The van der Waals surface area contributed by atoms with Crippen molar-refractivity contribution < 1.29 is 23.3 Å². The molecule has 4 heteroatoms. The summed E-state index contributed by atoms with van der Waals surface area (Å²) in [5.41, 5.74) is 15.3. The molecule has 0 spiro atoms. The molecule has 0 N–H and O–H groups in total. The molecular formula is C48H44Cl2SiZr-4. The molecule has 0 bridgehead atoms. The summed E-state index contributed by atoms with van der Waals surface area (Å²) < 4.78 is 0. The molecule has 0 nitrogen and oxygen atoms in total. The van der Waals surface area contributed by atoms with Gasteiger partial charge in [0.2, 0.25) is 0 Å². The Morgan fingerprint density at radius 2 is 0.538 bits per heavy atom. The molecule has 0 amide bonds. The van der Waals surface area contributed by atoms with Gasteiger partial charge < -0.3 is 14.9 Å². The van der Waals surface area contributed by atoms with E-state index >= 15 is 0 Å². The van der Waals surface area contributed by atoms with Crippen LogP contribution in [-0.4, -0.2) is 6.88 Å². The number of benzene rings is 6. The van der Waals surface area contributed by atoms with Crippen molar-refractivity contribution >= 4 is 65.1 Å². The topological polar surface area (TPSA) is 0 Å². The molecule has 0 atom stereocenters. The zero-order chi connectivity index (χ0) is 33.0. The number of rotatable bonds is 6. The molecule has 8 rings (SSSR count). The second-order valence-corrected chi connectivity index (χ2v) is 11.4. The molecule has 2 aliphatic rings. The number of halogens is 2. The van der Waals surface area contributed by atoms with E-state index in [2.05, 4.69) is 194 Å². The minimum absolute atomic E-state index is 0. The van der Waals surface area contributed by atoms with Crippen LogP contribution in [0.25, 0.3) is 33.4 Å². The van der Waals surface area contributed by atoms with E-state index in [0.717, 1.165) is 12.8 Å². The Bertz CT molecular complexity index is 1900. The minimum atomic E-state index is 0. The summed E-state index contributed by atoms with van der Waals surface area (Å²) in [6, 6.07) is 63.7. The summed E-state index contributed by atoms with van der Waals surface area (Å²) in [6.07, 6.45) is 8.94. The van der Waals surface area contributed by atoms with Crippen molar-refractivity contribution in [3.05, 3.63) is 242 Å². The Labute approximate surface area is 341 Å². The van der Waals surface area contributed by atoms with Gasteiger partial charge in [0.15, 0.2) is 0 Å². The maximum absolute atomic E-state index is 3.61. The van der Waals surface area contributed by atoms with Crippen LogP contribution in [0.5, 0.6) is 0 Å². The quantitative estimate of drug-likeness (QED) is 0.116. The van der Waals surface area contributed by atoms with Crippen LogP contribution in [0.4, 0.5) is 0 Å². The van der Waals surface area contributed by atoms with E-state index in [1.165, 1.54) is 66.8 Å². The average molecular weight is 811 g/mol. The predicted octanol–water partition coefficient (Wildman–Crippen LogP) is 12.6. The monoisotopic (exact) mass is 808 g/mol. The van der Waals surface area contributed by atoms with Gasteiger partial charge in [-0.3, -0.25) is 0 Å². The molecule has 6 aromatic carbocycles. The Kier molecular flexibility index (Phi) is 19.3. The summed E-state index contributed by atoms with van der Waals surface area (Å²) in [4.78, 5) is 0. The van der Waals surface area contributed by atoms with Gasteiger partial charge in [0.1, 0.15) is 0 Å². The van der Waals surface area contributed by atoms with Gasteiger partial charge in [-0.1, -0.05) is 193 Å². The van der Waals surface area contributed by atoms with Crippen molar-refractivity contribution in [3.8, 4) is 0 Å². The van der Waals surface area contributed by atoms with Gasteiger partial charge in [0.05, 0.1) is 0 Å². The van der Waals surface area contributed by atoms with E-state index < -0.39 is 0 Å². The summed E-state index contributed by atoms with van der Waals surface area (Å²) in [7, 11) is 0. The Hall–Kier alpha value is -4.04. The predicted molar refractivity (Wildman–Crippen MR) is 231 cm³/mol. The van der Waals surface area contributed by atoms with Crippen LogP contribution < -0.4 is 0 Å². The number of allylic oxidation sites excluding steroid dienone is 8. The molecule has 52 heavy (non-hydrogen) atoms. The zero-order valence-corrected chi connectivity index (χ0v) is 35.3. The Balaban J connectivity index is 0.000000320. The van der Waals surface area contributed by atoms with Gasteiger partial charge in [0, 0.05) is 0 Å². The van der Waals surface area contributed by atoms with Gasteiger partial charge in [-0.25, -0.2) is 0 Å². The third-order valence-corrected chi connectivity index (χ3v) is 8.48. The van der Waals surface area contributed by atoms with Crippen LogP contribution >= 0.6 is 24.8 Å². The molecular weight excluding hydrogens is 767 g/mol. The summed E-state index contributed by atoms with van der Waals surface area (Å²) in [6.45, 7) is 1.95. The van der Waals surface area contributed by atoms with E-state index in [-0.39, 0.29) is 39.7 Å². The molecule has 0 saturated heterocycles. The van der Waals surface area contributed by atoms with Gasteiger partial charge >= 0.3 is 30.2 Å². The van der Waals surface area contributed by atoms with Crippen LogP contribution in [0, 0.1) is 27.0 Å². The number of hydrogen-bond donors (Lipinski definition) is 0. The van der Waals surface area contributed by atoms with Crippen LogP contribution in [0.3, 0.4) is 0 Å². The fourth-order valence-electron chi connectivity index (χ4n) is 6.33.